The number of hydrogen-bond donors (Lipinski definition) is 6. The molecule has 0 saturated heterocycles. The van der Waals surface area contributed by atoms with Crippen molar-refractivity contribution < 1.29 is 47.1 Å². The zero-order chi connectivity index (χ0) is 34.6. The van der Waals surface area contributed by atoms with Crippen LogP contribution in [0.5, 0.6) is 0 Å². The predicted molar refractivity (Wildman–Crippen MR) is 173 cm³/mol. The van der Waals surface area contributed by atoms with Crippen LogP contribution in [-0.2, 0) is 27.3 Å². The van der Waals surface area contributed by atoms with Crippen molar-refractivity contribution in [3.8, 4) is 0 Å². The first-order valence-electron chi connectivity index (χ1n) is 13.7. The number of rotatable bonds is 2. The van der Waals surface area contributed by atoms with Gasteiger partial charge in [0.05, 0.1) is 49.9 Å². The summed E-state index contributed by atoms with van der Waals surface area (Å²) in [6.07, 6.45) is 30.5. The van der Waals surface area contributed by atoms with Crippen LogP contribution in [0, 0.1) is 0 Å². The molecular weight excluding hydrogens is 729 g/mol. The average Bonchev–Trinajstić information content (AvgIpc) is 4.02. The maximum atomic E-state index is 10.1. The minimum absolute atomic E-state index is 0. The van der Waals surface area contributed by atoms with Crippen molar-refractivity contribution in [2.75, 3.05) is 0 Å². The Morgan fingerprint density at radius 2 is 0.592 bits per heavy atom. The Morgan fingerprint density at radius 1 is 0.388 bits per heavy atom. The Kier molecular flexibility index (Phi) is 28.6. The summed E-state index contributed by atoms with van der Waals surface area (Å²) in [5.41, 5.74) is 0.440. The van der Waals surface area contributed by atoms with Gasteiger partial charge in [-0.15, -0.1) is 0 Å². The van der Waals surface area contributed by atoms with Crippen LogP contribution in [0.25, 0.3) is 0 Å². The van der Waals surface area contributed by atoms with Gasteiger partial charge in [0, 0.05) is 74.4 Å². The smallest absolute Gasteiger partial charge is 0.545 e. The number of nitrogens with zero attached hydrogens (tertiary/aromatic N) is 6. The quantitative estimate of drug-likeness (QED) is 0.140. The van der Waals surface area contributed by atoms with E-state index in [4.69, 9.17) is 0 Å². The van der Waals surface area contributed by atoms with Crippen molar-refractivity contribution in [2.24, 2.45) is 0 Å². The molecule has 0 spiro atoms. The van der Waals surface area contributed by atoms with E-state index in [1.165, 1.54) is 24.3 Å². The fraction of sp³-hybridized carbons (Fsp3) is 0. The van der Waals surface area contributed by atoms with Gasteiger partial charge in [-0.1, -0.05) is 60.7 Å². The molecule has 16 nitrogen and oxygen atoms in total. The monoisotopic (exact) mass is 764 g/mol. The predicted octanol–water partition coefficient (Wildman–Crippen LogP) is 2.56. The number of aromatic carboxylic acids is 2. The third-order valence-electron chi connectivity index (χ3n) is 4.45. The van der Waals surface area contributed by atoms with Gasteiger partial charge in [0.1, 0.15) is 0 Å². The average molecular weight is 763 g/mol. The minimum atomic E-state index is -1.13. The van der Waals surface area contributed by atoms with E-state index in [0.717, 1.165) is 0 Å². The van der Waals surface area contributed by atoms with Crippen molar-refractivity contribution in [1.82, 2.24) is 59.8 Å². The number of aromatic amines is 6. The molecule has 49 heavy (non-hydrogen) atoms. The molecule has 6 aromatic heterocycles. The Hall–Kier alpha value is -6.44. The summed E-state index contributed by atoms with van der Waals surface area (Å²) < 4.78 is 0. The summed E-state index contributed by atoms with van der Waals surface area (Å²) in [6.45, 7) is 0. The first-order valence-corrected chi connectivity index (χ1v) is 13.7. The first kappa shape index (κ1) is 42.6. The van der Waals surface area contributed by atoms with Gasteiger partial charge in [0.15, 0.2) is 0 Å². The molecule has 8 rings (SSSR count). The molecule has 6 heterocycles. The molecule has 0 fully saturated rings. The van der Waals surface area contributed by atoms with Crippen LogP contribution in [-0.4, -0.2) is 71.7 Å². The molecule has 0 aliphatic carbocycles. The van der Waals surface area contributed by atoms with Crippen LogP contribution in [0.2, 0.25) is 0 Å². The van der Waals surface area contributed by atoms with Crippen LogP contribution in [0.3, 0.4) is 0 Å². The van der Waals surface area contributed by atoms with Crippen molar-refractivity contribution in [1.29, 1.82) is 0 Å². The van der Waals surface area contributed by atoms with Crippen molar-refractivity contribution in [2.45, 2.75) is 0 Å². The summed E-state index contributed by atoms with van der Waals surface area (Å²) in [7, 11) is 0. The number of hydrogen-bond acceptors (Lipinski definition) is 10. The van der Waals surface area contributed by atoms with E-state index in [1.54, 1.807) is 149 Å². The summed E-state index contributed by atoms with van der Waals surface area (Å²) in [5.74, 6) is -2.26. The van der Waals surface area contributed by atoms with E-state index in [2.05, 4.69) is 59.8 Å². The largest absolute Gasteiger partial charge is 2.00 e. The van der Waals surface area contributed by atoms with Crippen molar-refractivity contribution in [3.05, 3.63) is 184 Å². The summed E-state index contributed by atoms with van der Waals surface area (Å²) in [5, 5.41) is 20.2. The molecule has 0 unspecified atom stereocenters. The number of imidazole rings is 6. The topological polar surface area (TPSA) is 252 Å². The van der Waals surface area contributed by atoms with E-state index in [1.807, 2.05) is 0 Å². The number of benzene rings is 2. The molecule has 248 valence electrons. The first-order chi connectivity index (χ1) is 23.6. The number of aromatic nitrogens is 12. The third kappa shape index (κ3) is 28.8. The Balaban J connectivity index is 0.000000543. The van der Waals surface area contributed by atoms with E-state index < -0.39 is 11.9 Å². The van der Waals surface area contributed by atoms with E-state index in [0.29, 0.717) is 0 Å². The zero-order valence-electron chi connectivity index (χ0n) is 26.2. The SMILES string of the molecule is O=C([O-])c1ccccc1.O=C([O-])c1ccccc1.[Cd+2].c1c[nH]cn1.c1c[nH]cn1.c1c[nH]cn1.c1c[nH]cn1.c1c[nH]cn1.c1c[nH]cn1. The molecule has 0 aliphatic heterocycles. The second-order valence-electron chi connectivity index (χ2n) is 7.87. The number of nitrogens with one attached hydrogen (secondary N) is 6. The Labute approximate surface area is 301 Å². The van der Waals surface area contributed by atoms with Crippen molar-refractivity contribution in [3.63, 3.8) is 0 Å². The van der Waals surface area contributed by atoms with Gasteiger partial charge >= 0.3 is 27.3 Å². The van der Waals surface area contributed by atoms with Crippen LogP contribution in [0.15, 0.2) is 173 Å². The molecule has 8 aromatic rings. The molecule has 0 bridgehead atoms. The number of carboxylic acids is 2. The molecule has 0 saturated carbocycles. The maximum Gasteiger partial charge on any atom is 2.00 e. The maximum absolute atomic E-state index is 10.1. The number of H-pyrrole nitrogens is 6. The zero-order valence-corrected chi connectivity index (χ0v) is 30.2. The van der Waals surface area contributed by atoms with Gasteiger partial charge in [-0.25, -0.2) is 29.9 Å². The van der Waals surface area contributed by atoms with Gasteiger partial charge in [0.25, 0.3) is 0 Å². The summed E-state index contributed by atoms with van der Waals surface area (Å²) >= 11 is 0. The Morgan fingerprint density at radius 3 is 0.673 bits per heavy atom. The second-order valence-corrected chi connectivity index (χ2v) is 7.87. The van der Waals surface area contributed by atoms with Crippen molar-refractivity contribution >= 4 is 11.9 Å². The van der Waals surface area contributed by atoms with Gasteiger partial charge < -0.3 is 49.7 Å². The molecule has 0 atom stereocenters. The minimum Gasteiger partial charge on any atom is -0.545 e. The molecule has 0 radical (unpaired) electrons. The van der Waals surface area contributed by atoms with E-state index in [9.17, 15) is 19.8 Å². The molecular formula is C32H34CdN12O4. The van der Waals surface area contributed by atoms with Crippen LogP contribution in [0.4, 0.5) is 0 Å². The molecule has 6 N–H and O–H groups in total. The van der Waals surface area contributed by atoms with Gasteiger partial charge in [-0.3, -0.25) is 0 Å². The van der Waals surface area contributed by atoms with Crippen LogP contribution >= 0.6 is 0 Å². The molecule has 0 aliphatic rings. The number of carboxylic acid groups (broad SMARTS) is 2. The van der Waals surface area contributed by atoms with Gasteiger partial charge in [0.2, 0.25) is 0 Å². The summed E-state index contributed by atoms with van der Waals surface area (Å²) in [6, 6.07) is 16.1. The van der Waals surface area contributed by atoms with E-state index >= 15 is 0 Å². The van der Waals surface area contributed by atoms with Gasteiger partial charge in [-0.05, 0) is 11.1 Å². The van der Waals surface area contributed by atoms with E-state index in [-0.39, 0.29) is 38.4 Å². The number of carbonyl (C=O) groups excluding carboxylic acids is 2. The Bertz CT molecular complexity index is 1300. The normalized spacial score (nSPS) is 8.16. The molecule has 17 heteroatoms. The number of carbonyl (C=O) groups is 2. The van der Waals surface area contributed by atoms with Crippen LogP contribution < -0.4 is 10.2 Å². The molecule has 2 aromatic carbocycles. The van der Waals surface area contributed by atoms with Crippen LogP contribution in [0.1, 0.15) is 20.7 Å². The summed E-state index contributed by atoms with van der Waals surface area (Å²) in [4.78, 5) is 58.7. The fourth-order valence-corrected chi connectivity index (χ4v) is 2.44. The standard InChI is InChI=1S/2C7H6O2.6C3H4N2.Cd/c2*8-7(9)6-4-2-1-3-5-6;6*1-2-5-3-4-1;/h2*1-5H,(H,8,9);6*1-3H,(H,4,5);/q;;;;;;;;+2/p-2. The van der Waals surface area contributed by atoms with Gasteiger partial charge in [-0.2, -0.15) is 0 Å². The third-order valence-corrected chi connectivity index (χ3v) is 4.45. The fourth-order valence-electron chi connectivity index (χ4n) is 2.44. The molecule has 0 amide bonds. The second kappa shape index (κ2) is 32.9.